The van der Waals surface area contributed by atoms with Gasteiger partial charge < -0.3 is 10.6 Å². The van der Waals surface area contributed by atoms with Gasteiger partial charge in [-0.3, -0.25) is 0 Å². The van der Waals surface area contributed by atoms with Crippen molar-refractivity contribution >= 4 is 21.7 Å². The van der Waals surface area contributed by atoms with Crippen molar-refractivity contribution in [2.75, 3.05) is 18.0 Å². The Bertz CT molecular complexity index is 528. The zero-order valence-electron chi connectivity index (χ0n) is 11.0. The standard InChI is InChI=1S/C15H18BrN3/c1-12-7-9-18-15(14(12)16)19(10-8-17)11-13-5-3-2-4-6-13/h2-7,9H,8,10-11,17H2,1H3. The van der Waals surface area contributed by atoms with E-state index in [1.165, 1.54) is 11.1 Å². The summed E-state index contributed by atoms with van der Waals surface area (Å²) in [5, 5.41) is 0. The third-order valence-electron chi connectivity index (χ3n) is 2.98. The maximum Gasteiger partial charge on any atom is 0.143 e. The van der Waals surface area contributed by atoms with Crippen molar-refractivity contribution in [3.05, 3.63) is 58.2 Å². The van der Waals surface area contributed by atoms with Gasteiger partial charge in [0.1, 0.15) is 5.82 Å². The molecule has 1 aromatic heterocycles. The van der Waals surface area contributed by atoms with Crippen LogP contribution in [0.15, 0.2) is 47.1 Å². The number of benzene rings is 1. The third kappa shape index (κ3) is 3.55. The highest BCUT2D eigenvalue weighted by Crippen LogP contribution is 2.27. The number of nitrogens with zero attached hydrogens (tertiary/aromatic N) is 2. The van der Waals surface area contributed by atoms with Crippen LogP contribution in [0.25, 0.3) is 0 Å². The van der Waals surface area contributed by atoms with E-state index < -0.39 is 0 Å². The minimum absolute atomic E-state index is 0.606. The van der Waals surface area contributed by atoms with Crippen molar-refractivity contribution in [3.63, 3.8) is 0 Å². The Kier molecular flexibility index (Phi) is 4.93. The van der Waals surface area contributed by atoms with Gasteiger partial charge in [-0.1, -0.05) is 30.3 Å². The first-order valence-electron chi connectivity index (χ1n) is 6.32. The maximum atomic E-state index is 5.72. The number of hydrogen-bond acceptors (Lipinski definition) is 3. The molecule has 2 rings (SSSR count). The minimum atomic E-state index is 0.606. The summed E-state index contributed by atoms with van der Waals surface area (Å²) in [6.07, 6.45) is 1.84. The van der Waals surface area contributed by atoms with Gasteiger partial charge in [0.15, 0.2) is 0 Å². The van der Waals surface area contributed by atoms with E-state index in [0.717, 1.165) is 23.4 Å². The smallest absolute Gasteiger partial charge is 0.143 e. The monoisotopic (exact) mass is 319 g/mol. The molecule has 0 atom stereocenters. The molecule has 2 N–H and O–H groups in total. The molecule has 0 spiro atoms. The second-order valence-corrected chi connectivity index (χ2v) is 5.25. The number of hydrogen-bond donors (Lipinski definition) is 1. The second-order valence-electron chi connectivity index (χ2n) is 4.46. The largest absolute Gasteiger partial charge is 0.350 e. The molecule has 0 saturated heterocycles. The van der Waals surface area contributed by atoms with E-state index >= 15 is 0 Å². The van der Waals surface area contributed by atoms with Crippen LogP contribution in [0.1, 0.15) is 11.1 Å². The van der Waals surface area contributed by atoms with Gasteiger partial charge in [-0.15, -0.1) is 0 Å². The van der Waals surface area contributed by atoms with Crippen molar-refractivity contribution in [2.45, 2.75) is 13.5 Å². The highest BCUT2D eigenvalue weighted by molar-refractivity contribution is 9.10. The lowest BCUT2D eigenvalue weighted by molar-refractivity contribution is 0.772. The summed E-state index contributed by atoms with van der Waals surface area (Å²) >= 11 is 3.62. The zero-order chi connectivity index (χ0) is 13.7. The average Bonchev–Trinajstić information content (AvgIpc) is 2.43. The molecule has 0 unspecified atom stereocenters. The Morgan fingerprint density at radius 3 is 2.63 bits per heavy atom. The summed E-state index contributed by atoms with van der Waals surface area (Å²) in [5.41, 5.74) is 8.16. The number of anilines is 1. The van der Waals surface area contributed by atoms with E-state index in [2.05, 4.69) is 57.0 Å². The number of aromatic nitrogens is 1. The topological polar surface area (TPSA) is 42.2 Å². The van der Waals surface area contributed by atoms with Gasteiger partial charge in [-0.2, -0.15) is 0 Å². The molecule has 0 aliphatic heterocycles. The van der Waals surface area contributed by atoms with Gasteiger partial charge in [0.05, 0.1) is 4.47 Å². The second kappa shape index (κ2) is 6.68. The van der Waals surface area contributed by atoms with Crippen LogP contribution >= 0.6 is 15.9 Å². The first-order valence-corrected chi connectivity index (χ1v) is 7.11. The number of rotatable bonds is 5. The molecule has 2 aromatic rings. The lowest BCUT2D eigenvalue weighted by Gasteiger charge is -2.24. The van der Waals surface area contributed by atoms with Crippen molar-refractivity contribution in [1.29, 1.82) is 0 Å². The number of aryl methyl sites for hydroxylation is 1. The molecule has 3 nitrogen and oxygen atoms in total. The lowest BCUT2D eigenvalue weighted by Crippen LogP contribution is -2.30. The van der Waals surface area contributed by atoms with E-state index in [4.69, 9.17) is 5.73 Å². The molecule has 0 saturated carbocycles. The molecule has 1 heterocycles. The fraction of sp³-hybridized carbons (Fsp3) is 0.267. The van der Waals surface area contributed by atoms with E-state index in [1.807, 2.05) is 18.3 Å². The molecule has 100 valence electrons. The van der Waals surface area contributed by atoms with Crippen molar-refractivity contribution < 1.29 is 0 Å². The molecule has 0 aliphatic rings. The molecule has 4 heteroatoms. The SMILES string of the molecule is Cc1ccnc(N(CCN)Cc2ccccc2)c1Br. The summed E-state index contributed by atoms with van der Waals surface area (Å²) in [4.78, 5) is 6.68. The lowest BCUT2D eigenvalue weighted by atomic mass is 10.2. The number of pyridine rings is 1. The minimum Gasteiger partial charge on any atom is -0.350 e. The average molecular weight is 320 g/mol. The molecular weight excluding hydrogens is 302 g/mol. The Hall–Kier alpha value is -1.39. The van der Waals surface area contributed by atoms with Gasteiger partial charge in [-0.05, 0) is 40.0 Å². The maximum absolute atomic E-state index is 5.72. The molecule has 1 aromatic carbocycles. The van der Waals surface area contributed by atoms with Crippen LogP contribution in [-0.4, -0.2) is 18.1 Å². The highest BCUT2D eigenvalue weighted by Gasteiger charge is 2.12. The normalized spacial score (nSPS) is 10.5. The molecule has 0 aliphatic carbocycles. The van der Waals surface area contributed by atoms with Gasteiger partial charge in [0.25, 0.3) is 0 Å². The van der Waals surface area contributed by atoms with Crippen LogP contribution in [-0.2, 0) is 6.54 Å². The van der Waals surface area contributed by atoms with Gasteiger partial charge >= 0.3 is 0 Å². The van der Waals surface area contributed by atoms with Crippen LogP contribution in [0.2, 0.25) is 0 Å². The van der Waals surface area contributed by atoms with Crippen LogP contribution in [0.5, 0.6) is 0 Å². The molecule has 0 bridgehead atoms. The van der Waals surface area contributed by atoms with Crippen molar-refractivity contribution in [3.8, 4) is 0 Å². The molecule has 0 fully saturated rings. The molecule has 0 amide bonds. The van der Waals surface area contributed by atoms with E-state index in [0.29, 0.717) is 6.54 Å². The quantitative estimate of drug-likeness (QED) is 0.920. The van der Waals surface area contributed by atoms with Crippen LogP contribution in [0, 0.1) is 6.92 Å². The summed E-state index contributed by atoms with van der Waals surface area (Å²) in [6.45, 7) is 4.27. The number of nitrogens with two attached hydrogens (primary N) is 1. The third-order valence-corrected chi connectivity index (χ3v) is 3.96. The van der Waals surface area contributed by atoms with Gasteiger partial charge in [0.2, 0.25) is 0 Å². The fourth-order valence-corrected chi connectivity index (χ4v) is 2.45. The Morgan fingerprint density at radius 1 is 1.21 bits per heavy atom. The highest BCUT2D eigenvalue weighted by atomic mass is 79.9. The van der Waals surface area contributed by atoms with E-state index in [-0.39, 0.29) is 0 Å². The zero-order valence-corrected chi connectivity index (χ0v) is 12.6. The van der Waals surface area contributed by atoms with Crippen molar-refractivity contribution in [1.82, 2.24) is 4.98 Å². The number of halogens is 1. The summed E-state index contributed by atoms with van der Waals surface area (Å²) in [7, 11) is 0. The van der Waals surface area contributed by atoms with Gasteiger partial charge in [-0.25, -0.2) is 4.98 Å². The molecule has 0 radical (unpaired) electrons. The van der Waals surface area contributed by atoms with Crippen LogP contribution < -0.4 is 10.6 Å². The predicted molar refractivity (Wildman–Crippen MR) is 83.2 cm³/mol. The molecular formula is C15H18BrN3. The first kappa shape index (κ1) is 14.0. The first-order chi connectivity index (χ1) is 9.22. The summed E-state index contributed by atoms with van der Waals surface area (Å²) in [5.74, 6) is 0.953. The predicted octanol–water partition coefficient (Wildman–Crippen LogP) is 3.12. The Morgan fingerprint density at radius 2 is 1.95 bits per heavy atom. The Balaban J connectivity index is 2.27. The van der Waals surface area contributed by atoms with Crippen molar-refractivity contribution in [2.24, 2.45) is 5.73 Å². The molecule has 19 heavy (non-hydrogen) atoms. The Labute approximate surface area is 122 Å². The van der Waals surface area contributed by atoms with Gasteiger partial charge in [0, 0.05) is 25.8 Å². The van der Waals surface area contributed by atoms with E-state index in [9.17, 15) is 0 Å². The summed E-state index contributed by atoms with van der Waals surface area (Å²) < 4.78 is 1.04. The van der Waals surface area contributed by atoms with Crippen LogP contribution in [0.3, 0.4) is 0 Å². The van der Waals surface area contributed by atoms with E-state index in [1.54, 1.807) is 0 Å². The van der Waals surface area contributed by atoms with Crippen LogP contribution in [0.4, 0.5) is 5.82 Å². The summed E-state index contributed by atoms with van der Waals surface area (Å²) in [6, 6.07) is 12.4. The fourth-order valence-electron chi connectivity index (χ4n) is 1.97.